The van der Waals surface area contributed by atoms with E-state index in [0.29, 0.717) is 12.1 Å². The predicted molar refractivity (Wildman–Crippen MR) is 94.5 cm³/mol. The molecule has 0 unspecified atom stereocenters. The van der Waals surface area contributed by atoms with E-state index in [-0.39, 0.29) is 11.1 Å². The molecule has 2 aromatic rings. The number of non-ortho nitro benzene ring substituents is 2. The van der Waals surface area contributed by atoms with Crippen molar-refractivity contribution in [1.82, 2.24) is 0 Å². The van der Waals surface area contributed by atoms with Crippen LogP contribution in [0.1, 0.15) is 11.1 Å². The summed E-state index contributed by atoms with van der Waals surface area (Å²) in [5, 5.41) is 43.5. The van der Waals surface area contributed by atoms with Crippen LogP contribution in [0.5, 0.6) is 0 Å². The number of ether oxygens (including phenoxy) is 2. The fourth-order valence-corrected chi connectivity index (χ4v) is 2.23. The Morgan fingerprint density at radius 1 is 0.667 bits per heavy atom. The highest BCUT2D eigenvalue weighted by Crippen LogP contribution is 2.27. The van der Waals surface area contributed by atoms with E-state index in [9.17, 15) is 45.3 Å². The molecule has 0 bridgehead atoms. The maximum atomic E-state index is 11.7. The number of nitrogens with zero attached hydrogens (tertiary/aromatic N) is 4. The first kappa shape index (κ1) is 21.6. The molecule has 0 spiro atoms. The molecule has 15 heteroatoms. The van der Waals surface area contributed by atoms with E-state index in [4.69, 9.17) is 0 Å². The van der Waals surface area contributed by atoms with E-state index in [1.165, 1.54) is 0 Å². The van der Waals surface area contributed by atoms with Crippen molar-refractivity contribution in [2.45, 2.75) is 13.2 Å². The SMILES string of the molecule is O=C(OCc1ccc([N+](=O)[O-])cc1[N+](=O)[O-])OCc1ccc([N+](=O)[O-])cc1[N+](=O)[O-]. The number of hydrogen-bond acceptors (Lipinski definition) is 11. The van der Waals surface area contributed by atoms with Gasteiger partial charge in [0.15, 0.2) is 0 Å². The van der Waals surface area contributed by atoms with E-state index < -0.39 is 61.8 Å². The molecule has 0 aliphatic rings. The third kappa shape index (κ3) is 5.18. The van der Waals surface area contributed by atoms with E-state index in [2.05, 4.69) is 9.47 Å². The van der Waals surface area contributed by atoms with Crippen LogP contribution >= 0.6 is 0 Å². The van der Waals surface area contributed by atoms with Gasteiger partial charge in [0, 0.05) is 12.1 Å². The summed E-state index contributed by atoms with van der Waals surface area (Å²) >= 11 is 0. The smallest absolute Gasteiger partial charge is 0.429 e. The second-order valence-corrected chi connectivity index (χ2v) is 5.48. The van der Waals surface area contributed by atoms with Crippen molar-refractivity contribution < 1.29 is 34.0 Å². The largest absolute Gasteiger partial charge is 0.508 e. The van der Waals surface area contributed by atoms with Crippen LogP contribution in [0.15, 0.2) is 36.4 Å². The van der Waals surface area contributed by atoms with Gasteiger partial charge in [-0.3, -0.25) is 40.5 Å². The molecule has 2 rings (SSSR count). The molecule has 0 saturated carbocycles. The van der Waals surface area contributed by atoms with Gasteiger partial charge in [-0.1, -0.05) is 0 Å². The highest BCUT2D eigenvalue weighted by Gasteiger charge is 2.22. The van der Waals surface area contributed by atoms with E-state index in [1.807, 2.05) is 0 Å². The van der Waals surface area contributed by atoms with Gasteiger partial charge in [-0.05, 0) is 12.1 Å². The molecular weight excluding hydrogens is 412 g/mol. The van der Waals surface area contributed by atoms with E-state index in [0.717, 1.165) is 24.3 Å². The molecule has 0 N–H and O–H groups in total. The molecule has 0 heterocycles. The Kier molecular flexibility index (Phi) is 6.48. The lowest BCUT2D eigenvalue weighted by Crippen LogP contribution is -2.09. The van der Waals surface area contributed by atoms with Gasteiger partial charge < -0.3 is 9.47 Å². The third-order valence-corrected chi connectivity index (χ3v) is 3.64. The van der Waals surface area contributed by atoms with Crippen LogP contribution in [0.4, 0.5) is 27.5 Å². The van der Waals surface area contributed by atoms with Gasteiger partial charge in [-0.25, -0.2) is 4.79 Å². The molecule has 2 aromatic carbocycles. The van der Waals surface area contributed by atoms with Gasteiger partial charge in [0.05, 0.1) is 43.0 Å². The van der Waals surface area contributed by atoms with Gasteiger partial charge in [-0.15, -0.1) is 0 Å². The molecule has 0 aliphatic heterocycles. The summed E-state index contributed by atoms with van der Waals surface area (Å²) < 4.78 is 9.38. The topological polar surface area (TPSA) is 208 Å². The normalized spacial score (nSPS) is 10.1. The first-order valence-corrected chi connectivity index (χ1v) is 7.73. The van der Waals surface area contributed by atoms with Crippen molar-refractivity contribution in [2.24, 2.45) is 0 Å². The zero-order valence-electron chi connectivity index (χ0n) is 14.7. The maximum absolute atomic E-state index is 11.7. The van der Waals surface area contributed by atoms with Crippen LogP contribution in [0.25, 0.3) is 0 Å². The molecule has 0 radical (unpaired) electrons. The molecule has 0 aromatic heterocycles. The number of carbonyl (C=O) groups is 1. The highest BCUT2D eigenvalue weighted by molar-refractivity contribution is 5.61. The van der Waals surface area contributed by atoms with Crippen LogP contribution in [-0.4, -0.2) is 25.8 Å². The summed E-state index contributed by atoms with van der Waals surface area (Å²) in [5.41, 5.74) is -2.66. The molecule has 0 atom stereocenters. The minimum absolute atomic E-state index is 0.149. The Labute approximate surface area is 165 Å². The van der Waals surface area contributed by atoms with Crippen molar-refractivity contribution >= 4 is 28.9 Å². The van der Waals surface area contributed by atoms with Gasteiger partial charge in [-0.2, -0.15) is 0 Å². The van der Waals surface area contributed by atoms with E-state index in [1.54, 1.807) is 0 Å². The molecule has 0 saturated heterocycles. The van der Waals surface area contributed by atoms with E-state index >= 15 is 0 Å². The maximum Gasteiger partial charge on any atom is 0.508 e. The molecule has 0 fully saturated rings. The average molecular weight is 422 g/mol. The molecule has 0 aliphatic carbocycles. The average Bonchev–Trinajstić information content (AvgIpc) is 2.69. The number of rotatable bonds is 8. The van der Waals surface area contributed by atoms with Gasteiger partial charge in [0.25, 0.3) is 22.7 Å². The quantitative estimate of drug-likeness (QED) is 0.342. The Morgan fingerprint density at radius 2 is 1.03 bits per heavy atom. The number of hydrogen-bond donors (Lipinski definition) is 0. The molecule has 30 heavy (non-hydrogen) atoms. The number of nitro groups is 4. The molecular formula is C15H10N4O11. The van der Waals surface area contributed by atoms with Crippen LogP contribution < -0.4 is 0 Å². The zero-order valence-corrected chi connectivity index (χ0v) is 14.7. The first-order chi connectivity index (χ1) is 14.1. The second-order valence-electron chi connectivity index (χ2n) is 5.48. The molecule has 156 valence electrons. The van der Waals surface area contributed by atoms with Crippen molar-refractivity contribution in [1.29, 1.82) is 0 Å². The standard InChI is InChI=1S/C15H10N4O11/c20-15(29-7-9-1-3-11(16(21)22)5-13(9)18(25)26)30-8-10-2-4-12(17(23)24)6-14(10)19(27)28/h1-6H,7-8H2. The Balaban J connectivity index is 2.06. The summed E-state index contributed by atoms with van der Waals surface area (Å²) in [7, 11) is 0. The Bertz CT molecular complexity index is 971. The second kappa shape index (κ2) is 9.00. The van der Waals surface area contributed by atoms with Crippen molar-refractivity contribution in [3.8, 4) is 0 Å². The molecule has 0 amide bonds. The monoisotopic (exact) mass is 422 g/mol. The summed E-state index contributed by atoms with van der Waals surface area (Å²) in [6.07, 6.45) is -1.34. The number of carbonyl (C=O) groups excluding carboxylic acids is 1. The van der Waals surface area contributed by atoms with Crippen molar-refractivity contribution in [3.63, 3.8) is 0 Å². The van der Waals surface area contributed by atoms with Gasteiger partial charge >= 0.3 is 6.16 Å². The molecule has 15 nitrogen and oxygen atoms in total. The predicted octanol–water partition coefficient (Wildman–Crippen LogP) is 3.17. The minimum atomic E-state index is -1.34. The Morgan fingerprint density at radius 3 is 1.33 bits per heavy atom. The third-order valence-electron chi connectivity index (χ3n) is 3.64. The summed E-state index contributed by atoms with van der Waals surface area (Å²) in [6.45, 7) is -1.31. The van der Waals surface area contributed by atoms with Crippen molar-refractivity contribution in [2.75, 3.05) is 0 Å². The van der Waals surface area contributed by atoms with Gasteiger partial charge in [0.1, 0.15) is 13.2 Å². The summed E-state index contributed by atoms with van der Waals surface area (Å²) in [6, 6.07) is 5.43. The first-order valence-electron chi connectivity index (χ1n) is 7.73. The zero-order chi connectivity index (χ0) is 22.4. The fraction of sp³-hybridized carbons (Fsp3) is 0.133. The lowest BCUT2D eigenvalue weighted by molar-refractivity contribution is -0.395. The summed E-state index contributed by atoms with van der Waals surface area (Å²) in [4.78, 5) is 51.7. The lowest BCUT2D eigenvalue weighted by atomic mass is 10.1. The minimum Gasteiger partial charge on any atom is -0.429 e. The van der Waals surface area contributed by atoms with Gasteiger partial charge in [0.2, 0.25) is 0 Å². The van der Waals surface area contributed by atoms with Crippen LogP contribution in [0.2, 0.25) is 0 Å². The Hall–Kier alpha value is -4.69. The van der Waals surface area contributed by atoms with Crippen LogP contribution in [0.3, 0.4) is 0 Å². The van der Waals surface area contributed by atoms with Crippen LogP contribution in [0, 0.1) is 40.5 Å². The van der Waals surface area contributed by atoms with Crippen LogP contribution in [-0.2, 0) is 22.7 Å². The van der Waals surface area contributed by atoms with Crippen molar-refractivity contribution in [3.05, 3.63) is 88.0 Å². The lowest BCUT2D eigenvalue weighted by Gasteiger charge is -2.07. The highest BCUT2D eigenvalue weighted by atomic mass is 16.7. The number of benzene rings is 2. The summed E-state index contributed by atoms with van der Waals surface area (Å²) in [5.74, 6) is 0. The fourth-order valence-electron chi connectivity index (χ4n) is 2.23. The number of nitro benzene ring substituents is 4.